The van der Waals surface area contributed by atoms with E-state index in [1.807, 2.05) is 26.0 Å². The average molecular weight is 282 g/mol. The predicted octanol–water partition coefficient (Wildman–Crippen LogP) is 1.69. The van der Waals surface area contributed by atoms with Crippen LogP contribution in [0.5, 0.6) is 0 Å². The molecule has 0 saturated heterocycles. The Balaban J connectivity index is 2.06. The minimum Gasteiger partial charge on any atom is -0.391 e. The summed E-state index contributed by atoms with van der Waals surface area (Å²) in [5.74, 6) is 0. The lowest BCUT2D eigenvalue weighted by Crippen LogP contribution is -2.32. The number of sulfonamides is 1. The highest BCUT2D eigenvalue weighted by Crippen LogP contribution is 2.16. The Hall–Kier alpha value is -1.40. The third kappa shape index (κ3) is 3.33. The second kappa shape index (κ2) is 5.71. The van der Waals surface area contributed by atoms with Crippen LogP contribution in [0.1, 0.15) is 25.8 Å². The van der Waals surface area contributed by atoms with Gasteiger partial charge >= 0.3 is 0 Å². The van der Waals surface area contributed by atoms with E-state index in [0.717, 1.165) is 11.3 Å². The van der Waals surface area contributed by atoms with Crippen molar-refractivity contribution in [3.63, 3.8) is 0 Å². The lowest BCUT2D eigenvalue weighted by molar-refractivity contribution is 0.0891. The van der Waals surface area contributed by atoms with Gasteiger partial charge in [-0.25, -0.2) is 13.1 Å². The fourth-order valence-corrected chi connectivity index (χ4v) is 3.39. The molecule has 0 aromatic heterocycles. The van der Waals surface area contributed by atoms with Gasteiger partial charge in [-0.05, 0) is 25.0 Å². The van der Waals surface area contributed by atoms with Gasteiger partial charge in [-0.1, -0.05) is 30.3 Å². The predicted molar refractivity (Wildman–Crippen MR) is 73.6 cm³/mol. The van der Waals surface area contributed by atoms with E-state index in [0.29, 0.717) is 17.7 Å². The van der Waals surface area contributed by atoms with Crippen LogP contribution in [0.4, 0.5) is 0 Å². The van der Waals surface area contributed by atoms with Gasteiger partial charge in [0.1, 0.15) is 6.10 Å². The molecule has 104 valence electrons. The maximum absolute atomic E-state index is 12.2. The van der Waals surface area contributed by atoms with E-state index in [1.165, 1.54) is 0 Å². The molecule has 1 N–H and O–H groups in total. The summed E-state index contributed by atoms with van der Waals surface area (Å²) in [7, 11) is -3.49. The molecule has 19 heavy (non-hydrogen) atoms. The van der Waals surface area contributed by atoms with Gasteiger partial charge in [0.15, 0.2) is 0 Å². The first-order valence-electron chi connectivity index (χ1n) is 6.30. The van der Waals surface area contributed by atoms with E-state index < -0.39 is 10.0 Å². The first-order valence-corrected chi connectivity index (χ1v) is 7.78. The smallest absolute Gasteiger partial charge is 0.240 e. The minimum absolute atomic E-state index is 0.205. The van der Waals surface area contributed by atoms with Gasteiger partial charge in [0.2, 0.25) is 10.0 Å². The fourth-order valence-electron chi connectivity index (χ4n) is 2.02. The molecule has 1 aromatic rings. The molecule has 0 radical (unpaired) electrons. The summed E-state index contributed by atoms with van der Waals surface area (Å²) in [6, 6.07) is 7.02. The lowest BCUT2D eigenvalue weighted by atomic mass is 10.2. The molecule has 0 bridgehead atoms. The summed E-state index contributed by atoms with van der Waals surface area (Å²) >= 11 is 0. The quantitative estimate of drug-likeness (QED) is 0.893. The molecule has 0 saturated carbocycles. The average Bonchev–Trinajstić information content (AvgIpc) is 2.82. The number of rotatable bonds is 5. The molecule has 6 heteroatoms. The lowest BCUT2D eigenvalue weighted by Gasteiger charge is -2.12. The molecule has 1 aliphatic rings. The number of hydrogen-bond donors (Lipinski definition) is 1. The summed E-state index contributed by atoms with van der Waals surface area (Å²) < 4.78 is 27.1. The first-order chi connectivity index (χ1) is 9.03. The summed E-state index contributed by atoms with van der Waals surface area (Å²) in [5.41, 5.74) is 1.70. The summed E-state index contributed by atoms with van der Waals surface area (Å²) in [6.45, 7) is 4.04. The summed E-state index contributed by atoms with van der Waals surface area (Å²) in [4.78, 5) is 5.45. The Bertz CT molecular complexity index is 581. The van der Waals surface area contributed by atoms with Crippen molar-refractivity contribution in [2.24, 2.45) is 5.16 Å². The molecule has 1 heterocycles. The molecule has 2 rings (SSSR count). The molecule has 5 nitrogen and oxygen atoms in total. The van der Waals surface area contributed by atoms with Crippen molar-refractivity contribution in [1.29, 1.82) is 0 Å². The van der Waals surface area contributed by atoms with Crippen molar-refractivity contribution < 1.29 is 13.3 Å². The Kier molecular flexibility index (Phi) is 4.21. The zero-order valence-electron chi connectivity index (χ0n) is 11.1. The van der Waals surface area contributed by atoms with Crippen LogP contribution in [-0.2, 0) is 21.3 Å². The molecular formula is C13H18N2O3S. The van der Waals surface area contributed by atoms with Crippen LogP contribution in [0.3, 0.4) is 0 Å². The van der Waals surface area contributed by atoms with Crippen LogP contribution in [0.2, 0.25) is 0 Å². The highest BCUT2D eigenvalue weighted by Gasteiger charge is 2.23. The standard InChI is InChI=1S/C13H18N2O3S/c1-3-11-6-4-5-7-13(11)19(16,17)14-9-12-8-10(2)15-18-12/h4-7,12,14H,3,8-9H2,1-2H3/t12-/m1/s1. The number of oxime groups is 1. The summed E-state index contributed by atoms with van der Waals surface area (Å²) in [6.07, 6.45) is 1.14. The monoisotopic (exact) mass is 282 g/mol. The van der Waals surface area contributed by atoms with E-state index in [4.69, 9.17) is 4.84 Å². The van der Waals surface area contributed by atoms with Crippen molar-refractivity contribution in [3.05, 3.63) is 29.8 Å². The molecule has 0 aliphatic carbocycles. The Labute approximate surface area is 113 Å². The van der Waals surface area contributed by atoms with Gasteiger partial charge in [0, 0.05) is 6.42 Å². The van der Waals surface area contributed by atoms with Gasteiger partial charge in [-0.15, -0.1) is 0 Å². The zero-order valence-corrected chi connectivity index (χ0v) is 11.9. The van der Waals surface area contributed by atoms with E-state index in [2.05, 4.69) is 9.88 Å². The van der Waals surface area contributed by atoms with Crippen LogP contribution in [0, 0.1) is 0 Å². The number of aryl methyl sites for hydroxylation is 1. The Morgan fingerprint density at radius 2 is 2.16 bits per heavy atom. The van der Waals surface area contributed by atoms with Crippen molar-refractivity contribution in [3.8, 4) is 0 Å². The van der Waals surface area contributed by atoms with Crippen molar-refractivity contribution in [2.45, 2.75) is 37.7 Å². The van der Waals surface area contributed by atoms with Crippen LogP contribution >= 0.6 is 0 Å². The topological polar surface area (TPSA) is 67.8 Å². The van der Waals surface area contributed by atoms with Crippen molar-refractivity contribution >= 4 is 15.7 Å². The van der Waals surface area contributed by atoms with Crippen LogP contribution in [-0.4, -0.2) is 26.8 Å². The maximum atomic E-state index is 12.2. The third-order valence-corrected chi connectivity index (χ3v) is 4.55. The van der Waals surface area contributed by atoms with Crippen LogP contribution in [0.25, 0.3) is 0 Å². The van der Waals surface area contributed by atoms with E-state index in [9.17, 15) is 8.42 Å². The van der Waals surface area contributed by atoms with Crippen LogP contribution < -0.4 is 4.72 Å². The SMILES string of the molecule is CCc1ccccc1S(=O)(=O)NC[C@H]1CC(C)=NO1. The molecule has 1 aromatic carbocycles. The molecule has 1 aliphatic heterocycles. The van der Waals surface area contributed by atoms with Crippen LogP contribution in [0.15, 0.2) is 34.3 Å². The fraction of sp³-hybridized carbons (Fsp3) is 0.462. The second-order valence-corrected chi connectivity index (χ2v) is 6.31. The zero-order chi connectivity index (χ0) is 13.9. The third-order valence-electron chi connectivity index (χ3n) is 3.02. The second-order valence-electron chi connectivity index (χ2n) is 4.57. The van der Waals surface area contributed by atoms with Gasteiger partial charge in [0.25, 0.3) is 0 Å². The molecule has 0 fully saturated rings. The number of nitrogens with one attached hydrogen (secondary N) is 1. The highest BCUT2D eigenvalue weighted by atomic mass is 32.2. The Morgan fingerprint density at radius 1 is 1.42 bits per heavy atom. The molecule has 0 spiro atoms. The molecule has 0 amide bonds. The van der Waals surface area contributed by atoms with Gasteiger partial charge in [-0.3, -0.25) is 0 Å². The molecular weight excluding hydrogens is 264 g/mol. The van der Waals surface area contributed by atoms with Gasteiger partial charge in [0.05, 0.1) is 17.2 Å². The first kappa shape index (κ1) is 14.0. The molecule has 0 unspecified atom stereocenters. The normalized spacial score (nSPS) is 19.1. The van der Waals surface area contributed by atoms with Crippen molar-refractivity contribution in [2.75, 3.05) is 6.54 Å². The van der Waals surface area contributed by atoms with E-state index >= 15 is 0 Å². The minimum atomic E-state index is -3.49. The molecule has 1 atom stereocenters. The van der Waals surface area contributed by atoms with E-state index in [1.54, 1.807) is 12.1 Å². The van der Waals surface area contributed by atoms with Crippen molar-refractivity contribution in [1.82, 2.24) is 4.72 Å². The number of nitrogens with zero attached hydrogens (tertiary/aromatic N) is 1. The van der Waals surface area contributed by atoms with Gasteiger partial charge in [-0.2, -0.15) is 0 Å². The van der Waals surface area contributed by atoms with E-state index in [-0.39, 0.29) is 12.6 Å². The summed E-state index contributed by atoms with van der Waals surface area (Å²) in [5, 5.41) is 3.81. The largest absolute Gasteiger partial charge is 0.391 e. The number of benzene rings is 1. The maximum Gasteiger partial charge on any atom is 0.240 e. The van der Waals surface area contributed by atoms with Gasteiger partial charge < -0.3 is 4.84 Å². The highest BCUT2D eigenvalue weighted by molar-refractivity contribution is 7.89. The Morgan fingerprint density at radius 3 is 2.79 bits per heavy atom. The number of hydrogen-bond acceptors (Lipinski definition) is 4.